The highest BCUT2D eigenvalue weighted by molar-refractivity contribution is 5.91. The van der Waals surface area contributed by atoms with Crippen LogP contribution in [0, 0.1) is 0 Å². The third-order valence-corrected chi connectivity index (χ3v) is 8.27. The number of nitrogens with zero attached hydrogens (tertiary/aromatic N) is 2. The van der Waals surface area contributed by atoms with E-state index in [0.717, 1.165) is 38.8 Å². The fourth-order valence-electron chi connectivity index (χ4n) is 6.23. The molecule has 3 heterocycles. The van der Waals surface area contributed by atoms with E-state index < -0.39 is 6.04 Å². The molecule has 3 aliphatic rings. The number of rotatable bonds is 5. The molecule has 6 atom stereocenters. The van der Waals surface area contributed by atoms with Crippen molar-refractivity contribution >= 4 is 11.8 Å². The second-order valence-electron chi connectivity index (χ2n) is 10.6. The van der Waals surface area contributed by atoms with Crippen molar-refractivity contribution in [2.75, 3.05) is 19.6 Å². The Labute approximate surface area is 208 Å². The van der Waals surface area contributed by atoms with E-state index >= 15 is 0 Å². The molecule has 0 saturated carbocycles. The van der Waals surface area contributed by atoms with Crippen molar-refractivity contribution < 1.29 is 9.59 Å². The Bertz CT molecular complexity index is 1010. The van der Waals surface area contributed by atoms with Gasteiger partial charge in [0.1, 0.15) is 6.04 Å². The molecule has 6 heteroatoms. The standard InChI is InChI=1S/C29H38N4O2/c1-20(30)25-13-8-14-26(31-25)28(34)33-19-24(22-11-6-3-7-12-22)17-27(33)29(35)32-16-15-23(18-32)21-9-4-2-5-10-21/h2-7,9-12,20,23-27,31H,8,13-19,30H2,1H3/t20-,23?,24+,25?,26?,27+/m1/s1. The van der Waals surface area contributed by atoms with Crippen molar-refractivity contribution in [1.82, 2.24) is 15.1 Å². The van der Waals surface area contributed by atoms with E-state index in [-0.39, 0.29) is 35.9 Å². The van der Waals surface area contributed by atoms with Gasteiger partial charge in [-0.1, -0.05) is 60.7 Å². The van der Waals surface area contributed by atoms with E-state index in [0.29, 0.717) is 18.9 Å². The first kappa shape index (κ1) is 24.0. The molecule has 35 heavy (non-hydrogen) atoms. The summed E-state index contributed by atoms with van der Waals surface area (Å²) in [7, 11) is 0. The lowest BCUT2D eigenvalue weighted by Gasteiger charge is -2.36. The van der Waals surface area contributed by atoms with Gasteiger partial charge in [0.2, 0.25) is 11.8 Å². The van der Waals surface area contributed by atoms with Crippen molar-refractivity contribution in [3.05, 3.63) is 71.8 Å². The summed E-state index contributed by atoms with van der Waals surface area (Å²) in [5.41, 5.74) is 8.64. The Balaban J connectivity index is 1.34. The lowest BCUT2D eigenvalue weighted by atomic mass is 9.94. The second-order valence-corrected chi connectivity index (χ2v) is 10.6. The quantitative estimate of drug-likeness (QED) is 0.697. The second kappa shape index (κ2) is 10.5. The van der Waals surface area contributed by atoms with Gasteiger partial charge in [0.15, 0.2) is 0 Å². The van der Waals surface area contributed by atoms with Crippen molar-refractivity contribution in [2.45, 2.75) is 75.0 Å². The average molecular weight is 475 g/mol. The van der Waals surface area contributed by atoms with Crippen LogP contribution in [0.4, 0.5) is 0 Å². The molecule has 0 spiro atoms. The van der Waals surface area contributed by atoms with E-state index in [1.54, 1.807) is 0 Å². The Morgan fingerprint density at radius 1 is 0.886 bits per heavy atom. The van der Waals surface area contributed by atoms with Crippen LogP contribution < -0.4 is 11.1 Å². The Morgan fingerprint density at radius 3 is 2.20 bits per heavy atom. The van der Waals surface area contributed by atoms with Gasteiger partial charge >= 0.3 is 0 Å². The Kier molecular flexibility index (Phi) is 7.21. The van der Waals surface area contributed by atoms with Gasteiger partial charge < -0.3 is 20.9 Å². The smallest absolute Gasteiger partial charge is 0.245 e. The molecule has 186 valence electrons. The highest BCUT2D eigenvalue weighted by Gasteiger charge is 2.45. The summed E-state index contributed by atoms with van der Waals surface area (Å²) in [5.74, 6) is 0.706. The first-order valence-corrected chi connectivity index (χ1v) is 13.2. The number of piperidine rings is 1. The van der Waals surface area contributed by atoms with Crippen molar-refractivity contribution in [1.29, 1.82) is 0 Å². The molecular weight excluding hydrogens is 436 g/mol. The van der Waals surface area contributed by atoms with Crippen LogP contribution in [0.1, 0.15) is 62.0 Å². The number of amides is 2. The van der Waals surface area contributed by atoms with Gasteiger partial charge in [-0.15, -0.1) is 0 Å². The number of carbonyl (C=O) groups is 2. The van der Waals surface area contributed by atoms with Crippen molar-refractivity contribution in [3.63, 3.8) is 0 Å². The summed E-state index contributed by atoms with van der Waals surface area (Å²) in [6, 6.07) is 20.3. The van der Waals surface area contributed by atoms with Crippen molar-refractivity contribution in [3.8, 4) is 0 Å². The lowest BCUT2D eigenvalue weighted by Crippen LogP contribution is -2.58. The fourth-order valence-corrected chi connectivity index (χ4v) is 6.23. The third kappa shape index (κ3) is 5.14. The highest BCUT2D eigenvalue weighted by Crippen LogP contribution is 2.36. The molecule has 5 rings (SSSR count). The first-order chi connectivity index (χ1) is 17.0. The molecule has 3 fully saturated rings. The molecule has 0 radical (unpaired) electrons. The molecule has 2 amide bonds. The van der Waals surface area contributed by atoms with Gasteiger partial charge in [-0.25, -0.2) is 0 Å². The summed E-state index contributed by atoms with van der Waals surface area (Å²) >= 11 is 0. The average Bonchev–Trinajstić information content (AvgIpc) is 3.57. The van der Waals surface area contributed by atoms with Gasteiger partial charge in [0, 0.05) is 43.6 Å². The van der Waals surface area contributed by atoms with Crippen LogP contribution in [0.3, 0.4) is 0 Å². The SMILES string of the molecule is C[C@@H](N)C1CCCC(C(=O)N2C[C@@H](c3ccccc3)C[C@H]2C(=O)N2CCC(c3ccccc3)C2)N1. The summed E-state index contributed by atoms with van der Waals surface area (Å²) in [6.07, 6.45) is 4.43. The Morgan fingerprint density at radius 2 is 1.54 bits per heavy atom. The monoisotopic (exact) mass is 474 g/mol. The normalized spacial score (nSPS) is 29.8. The molecule has 0 aromatic heterocycles. The van der Waals surface area contributed by atoms with Crippen LogP contribution in [0.5, 0.6) is 0 Å². The van der Waals surface area contributed by atoms with Gasteiger partial charge in [-0.3, -0.25) is 9.59 Å². The molecule has 3 saturated heterocycles. The Hall–Kier alpha value is -2.70. The number of nitrogens with one attached hydrogen (secondary N) is 1. The number of nitrogens with two attached hydrogens (primary N) is 1. The van der Waals surface area contributed by atoms with Crippen LogP contribution >= 0.6 is 0 Å². The largest absolute Gasteiger partial charge is 0.340 e. The maximum absolute atomic E-state index is 13.9. The van der Waals surface area contributed by atoms with Gasteiger partial charge in [-0.05, 0) is 50.2 Å². The summed E-state index contributed by atoms with van der Waals surface area (Å²) in [4.78, 5) is 31.6. The maximum atomic E-state index is 13.9. The minimum absolute atomic E-state index is 0.00167. The number of benzene rings is 2. The van der Waals surface area contributed by atoms with Gasteiger partial charge in [0.25, 0.3) is 0 Å². The van der Waals surface area contributed by atoms with Crippen LogP contribution in [0.25, 0.3) is 0 Å². The maximum Gasteiger partial charge on any atom is 0.245 e. The van der Waals surface area contributed by atoms with Crippen LogP contribution in [-0.4, -0.2) is 65.4 Å². The predicted octanol–water partition coefficient (Wildman–Crippen LogP) is 3.25. The topological polar surface area (TPSA) is 78.7 Å². The molecule has 3 N–H and O–H groups in total. The molecule has 2 aromatic carbocycles. The molecule has 0 aliphatic carbocycles. The molecule has 0 bridgehead atoms. The summed E-state index contributed by atoms with van der Waals surface area (Å²) in [5, 5.41) is 3.50. The van der Waals surface area contributed by atoms with E-state index in [1.807, 2.05) is 41.0 Å². The zero-order chi connectivity index (χ0) is 24.4. The van der Waals surface area contributed by atoms with Crippen LogP contribution in [0.15, 0.2) is 60.7 Å². The highest BCUT2D eigenvalue weighted by atomic mass is 16.2. The van der Waals surface area contributed by atoms with Crippen LogP contribution in [-0.2, 0) is 9.59 Å². The molecule has 2 aromatic rings. The molecule has 3 unspecified atom stereocenters. The number of likely N-dealkylation sites (tertiary alicyclic amines) is 2. The van der Waals surface area contributed by atoms with E-state index in [9.17, 15) is 9.59 Å². The minimum Gasteiger partial charge on any atom is -0.340 e. The molecule has 3 aliphatic heterocycles. The minimum atomic E-state index is -0.403. The number of carbonyl (C=O) groups excluding carboxylic acids is 2. The molecule has 6 nitrogen and oxygen atoms in total. The van der Waals surface area contributed by atoms with Gasteiger partial charge in [-0.2, -0.15) is 0 Å². The van der Waals surface area contributed by atoms with Gasteiger partial charge in [0.05, 0.1) is 6.04 Å². The third-order valence-electron chi connectivity index (χ3n) is 8.27. The first-order valence-electron chi connectivity index (χ1n) is 13.2. The van der Waals surface area contributed by atoms with Crippen LogP contribution in [0.2, 0.25) is 0 Å². The number of hydrogen-bond donors (Lipinski definition) is 2. The van der Waals surface area contributed by atoms with E-state index in [1.165, 1.54) is 11.1 Å². The lowest BCUT2D eigenvalue weighted by molar-refractivity contribution is -0.144. The molecular formula is C29H38N4O2. The predicted molar refractivity (Wildman–Crippen MR) is 138 cm³/mol. The van der Waals surface area contributed by atoms with E-state index in [2.05, 4.69) is 41.7 Å². The van der Waals surface area contributed by atoms with Crippen molar-refractivity contribution in [2.24, 2.45) is 5.73 Å². The summed E-state index contributed by atoms with van der Waals surface area (Å²) < 4.78 is 0. The van der Waals surface area contributed by atoms with E-state index in [4.69, 9.17) is 5.73 Å². The zero-order valence-electron chi connectivity index (χ0n) is 20.7. The zero-order valence-corrected chi connectivity index (χ0v) is 20.7. The fraction of sp³-hybridized carbons (Fsp3) is 0.517. The summed E-state index contributed by atoms with van der Waals surface area (Å²) in [6.45, 7) is 4.07. The number of hydrogen-bond acceptors (Lipinski definition) is 4.